The summed E-state index contributed by atoms with van der Waals surface area (Å²) in [6.07, 6.45) is 1.08. The maximum Gasteiger partial charge on any atom is 0.264 e. The van der Waals surface area contributed by atoms with Gasteiger partial charge in [-0.1, -0.05) is 6.07 Å². The third-order valence-electron chi connectivity index (χ3n) is 2.81. The van der Waals surface area contributed by atoms with E-state index in [4.69, 9.17) is 9.47 Å². The van der Waals surface area contributed by atoms with Crippen LogP contribution in [0.15, 0.2) is 17.5 Å². The third kappa shape index (κ3) is 3.28. The molecule has 0 N–H and O–H groups in total. The zero-order chi connectivity index (χ0) is 12.1. The molecule has 1 fully saturated rings. The van der Waals surface area contributed by atoms with E-state index in [0.29, 0.717) is 19.8 Å². The van der Waals surface area contributed by atoms with Gasteiger partial charge in [-0.15, -0.1) is 11.3 Å². The number of hydrogen-bond donors (Lipinski definition) is 0. The van der Waals surface area contributed by atoms with Crippen LogP contribution in [0.5, 0.6) is 0 Å². The predicted octanol–water partition coefficient (Wildman–Crippen LogP) is 1.63. The van der Waals surface area contributed by atoms with Crippen molar-refractivity contribution in [3.8, 4) is 0 Å². The number of hydrogen-bond acceptors (Lipinski definition) is 4. The van der Waals surface area contributed by atoms with Gasteiger partial charge in [-0.2, -0.15) is 0 Å². The van der Waals surface area contributed by atoms with Crippen molar-refractivity contribution in [2.24, 2.45) is 0 Å². The predicted molar refractivity (Wildman–Crippen MR) is 66.5 cm³/mol. The first kappa shape index (κ1) is 12.5. The van der Waals surface area contributed by atoms with Gasteiger partial charge in [0.1, 0.15) is 0 Å². The van der Waals surface area contributed by atoms with Gasteiger partial charge in [0.15, 0.2) is 0 Å². The van der Waals surface area contributed by atoms with Crippen molar-refractivity contribution in [1.82, 2.24) is 4.90 Å². The molecule has 1 aromatic heterocycles. The molecule has 1 aliphatic rings. The Morgan fingerprint density at radius 2 is 2.47 bits per heavy atom. The lowest BCUT2D eigenvalue weighted by Crippen LogP contribution is -2.29. The average Bonchev–Trinajstić information content (AvgIpc) is 3.00. The molecule has 17 heavy (non-hydrogen) atoms. The molecule has 2 heterocycles. The van der Waals surface area contributed by atoms with Crippen LogP contribution >= 0.6 is 11.3 Å². The van der Waals surface area contributed by atoms with Gasteiger partial charge in [0, 0.05) is 20.2 Å². The van der Waals surface area contributed by atoms with E-state index < -0.39 is 0 Å². The summed E-state index contributed by atoms with van der Waals surface area (Å²) in [5, 5.41) is 1.93. The quantitative estimate of drug-likeness (QED) is 0.751. The van der Waals surface area contributed by atoms with E-state index in [1.54, 1.807) is 7.11 Å². The van der Waals surface area contributed by atoms with Crippen LogP contribution in [0.3, 0.4) is 0 Å². The maximum absolute atomic E-state index is 12.0. The van der Waals surface area contributed by atoms with Crippen LogP contribution < -0.4 is 0 Å². The van der Waals surface area contributed by atoms with Crippen molar-refractivity contribution in [3.05, 3.63) is 22.4 Å². The summed E-state index contributed by atoms with van der Waals surface area (Å²) in [6, 6.07) is 3.77. The molecule has 0 aromatic carbocycles. The van der Waals surface area contributed by atoms with Gasteiger partial charge in [0.05, 0.1) is 24.2 Å². The lowest BCUT2D eigenvalue weighted by Gasteiger charge is -2.15. The zero-order valence-corrected chi connectivity index (χ0v) is 10.7. The smallest absolute Gasteiger partial charge is 0.264 e. The number of nitrogens with zero attached hydrogens (tertiary/aromatic N) is 1. The molecule has 5 heteroatoms. The molecule has 1 unspecified atom stereocenters. The van der Waals surface area contributed by atoms with Crippen LogP contribution in [0.4, 0.5) is 0 Å². The largest absolute Gasteiger partial charge is 0.382 e. The summed E-state index contributed by atoms with van der Waals surface area (Å²) in [6.45, 7) is 2.69. The molecule has 4 nitrogen and oxygen atoms in total. The highest BCUT2D eigenvalue weighted by Gasteiger charge is 2.27. The number of ether oxygens (including phenoxy) is 2. The number of rotatable bonds is 5. The maximum atomic E-state index is 12.0. The first-order valence-electron chi connectivity index (χ1n) is 5.74. The molecule has 1 saturated heterocycles. The number of carbonyl (C=O) groups is 1. The normalized spacial score (nSPS) is 19.8. The molecule has 94 valence electrons. The van der Waals surface area contributed by atoms with Crippen LogP contribution in [0.2, 0.25) is 0 Å². The Hall–Kier alpha value is -0.910. The lowest BCUT2D eigenvalue weighted by molar-refractivity contribution is 0.0219. The van der Waals surface area contributed by atoms with Crippen molar-refractivity contribution in [3.63, 3.8) is 0 Å². The van der Waals surface area contributed by atoms with Crippen molar-refractivity contribution >= 4 is 17.2 Å². The number of thiophene rings is 1. The van der Waals surface area contributed by atoms with Crippen molar-refractivity contribution < 1.29 is 14.3 Å². The van der Waals surface area contributed by atoms with Gasteiger partial charge in [-0.25, -0.2) is 0 Å². The van der Waals surface area contributed by atoms with Crippen molar-refractivity contribution in [2.45, 2.75) is 12.5 Å². The molecular weight excluding hydrogens is 238 g/mol. The summed E-state index contributed by atoms with van der Waals surface area (Å²) in [5.41, 5.74) is 0. The Kier molecular flexibility index (Phi) is 4.53. The fraction of sp³-hybridized carbons (Fsp3) is 0.583. The van der Waals surface area contributed by atoms with Gasteiger partial charge in [0.2, 0.25) is 0 Å². The minimum absolute atomic E-state index is 0.123. The van der Waals surface area contributed by atoms with E-state index >= 15 is 0 Å². The SMILES string of the molecule is COCCOC1CCN(C(=O)c2cccs2)C1. The lowest BCUT2D eigenvalue weighted by atomic mass is 10.3. The average molecular weight is 255 g/mol. The second kappa shape index (κ2) is 6.14. The topological polar surface area (TPSA) is 38.8 Å². The standard InChI is InChI=1S/C12H17NO3S/c1-15-6-7-16-10-4-5-13(9-10)12(14)11-3-2-8-17-11/h2-3,8,10H,4-7,9H2,1H3. The molecule has 1 atom stereocenters. The Labute approximate surface area is 105 Å². The molecule has 1 amide bonds. The van der Waals surface area contributed by atoms with E-state index in [1.165, 1.54) is 11.3 Å². The van der Waals surface area contributed by atoms with Crippen molar-refractivity contribution in [1.29, 1.82) is 0 Å². The van der Waals surface area contributed by atoms with Crippen LogP contribution in [-0.4, -0.2) is 50.3 Å². The fourth-order valence-corrected chi connectivity index (χ4v) is 2.59. The van der Waals surface area contributed by atoms with E-state index in [2.05, 4.69) is 0 Å². The Bertz CT molecular complexity index is 353. The first-order valence-corrected chi connectivity index (χ1v) is 6.62. The van der Waals surface area contributed by atoms with Crippen LogP contribution in [0.25, 0.3) is 0 Å². The van der Waals surface area contributed by atoms with Crippen LogP contribution in [0.1, 0.15) is 16.1 Å². The third-order valence-corrected chi connectivity index (χ3v) is 3.66. The molecule has 0 aliphatic carbocycles. The van der Waals surface area contributed by atoms with Gasteiger partial charge in [-0.3, -0.25) is 4.79 Å². The molecule has 1 aromatic rings. The van der Waals surface area contributed by atoms with Crippen LogP contribution in [0, 0.1) is 0 Å². The highest BCUT2D eigenvalue weighted by atomic mass is 32.1. The highest BCUT2D eigenvalue weighted by Crippen LogP contribution is 2.18. The molecule has 1 aliphatic heterocycles. The minimum Gasteiger partial charge on any atom is -0.382 e. The molecule has 0 bridgehead atoms. The van der Waals surface area contributed by atoms with Crippen molar-refractivity contribution in [2.75, 3.05) is 33.4 Å². The summed E-state index contributed by atoms with van der Waals surface area (Å²) < 4.78 is 10.6. The molecule has 2 rings (SSSR count). The zero-order valence-electron chi connectivity index (χ0n) is 9.93. The van der Waals surface area contributed by atoms with E-state index in [1.807, 2.05) is 22.4 Å². The van der Waals surface area contributed by atoms with E-state index in [9.17, 15) is 4.79 Å². The Morgan fingerprint density at radius 3 is 3.18 bits per heavy atom. The van der Waals surface area contributed by atoms with Crippen LogP contribution in [-0.2, 0) is 9.47 Å². The molecular formula is C12H17NO3S. The molecule has 0 radical (unpaired) electrons. The van der Waals surface area contributed by atoms with Gasteiger partial charge in [-0.05, 0) is 17.9 Å². The van der Waals surface area contributed by atoms with E-state index in [0.717, 1.165) is 17.8 Å². The second-order valence-electron chi connectivity index (χ2n) is 4.00. The Balaban J connectivity index is 1.79. The summed E-state index contributed by atoms with van der Waals surface area (Å²) in [4.78, 5) is 14.7. The monoisotopic (exact) mass is 255 g/mol. The number of methoxy groups -OCH3 is 1. The van der Waals surface area contributed by atoms with Gasteiger partial charge < -0.3 is 14.4 Å². The fourth-order valence-electron chi connectivity index (χ4n) is 1.90. The number of amides is 1. The molecule has 0 saturated carbocycles. The second-order valence-corrected chi connectivity index (χ2v) is 4.95. The highest BCUT2D eigenvalue weighted by molar-refractivity contribution is 7.12. The van der Waals surface area contributed by atoms with E-state index in [-0.39, 0.29) is 12.0 Å². The molecule has 0 spiro atoms. The summed E-state index contributed by atoms with van der Waals surface area (Å²) in [5.74, 6) is 0.123. The minimum atomic E-state index is 0.123. The Morgan fingerprint density at radius 1 is 1.59 bits per heavy atom. The number of carbonyl (C=O) groups excluding carboxylic acids is 1. The van der Waals surface area contributed by atoms with Gasteiger partial charge >= 0.3 is 0 Å². The summed E-state index contributed by atoms with van der Waals surface area (Å²) >= 11 is 1.49. The van der Waals surface area contributed by atoms with Gasteiger partial charge in [0.25, 0.3) is 5.91 Å². The first-order chi connectivity index (χ1) is 8.31. The number of likely N-dealkylation sites (tertiary alicyclic amines) is 1. The summed E-state index contributed by atoms with van der Waals surface area (Å²) in [7, 11) is 1.66.